The highest BCUT2D eigenvalue weighted by molar-refractivity contribution is 6.30. The van der Waals surface area contributed by atoms with Crippen molar-refractivity contribution in [2.75, 3.05) is 18.5 Å². The first kappa shape index (κ1) is 13.6. The molecule has 1 aliphatic carbocycles. The fraction of sp³-hybridized carbons (Fsp3) is 0.714. The van der Waals surface area contributed by atoms with Crippen molar-refractivity contribution >= 4 is 17.4 Å². The van der Waals surface area contributed by atoms with Crippen molar-refractivity contribution < 1.29 is 0 Å². The third-order valence-corrected chi connectivity index (χ3v) is 4.16. The van der Waals surface area contributed by atoms with E-state index in [1.807, 2.05) is 6.92 Å². The van der Waals surface area contributed by atoms with Gasteiger partial charge in [-0.2, -0.15) is 0 Å². The Balaban J connectivity index is 2.17. The van der Waals surface area contributed by atoms with Crippen molar-refractivity contribution in [1.29, 1.82) is 0 Å². The standard InChI is InChI=1S/C14H22ClN3/c1-4-12-16-13(15)10(2)14(17-12)18(3)9-11-7-5-6-8-11/h11H,4-9H2,1-3H3. The van der Waals surface area contributed by atoms with Crippen molar-refractivity contribution in [3.05, 3.63) is 16.5 Å². The van der Waals surface area contributed by atoms with Crippen molar-refractivity contribution in [3.8, 4) is 0 Å². The van der Waals surface area contributed by atoms with Crippen LogP contribution in [0.2, 0.25) is 5.15 Å². The maximum atomic E-state index is 6.18. The third-order valence-electron chi connectivity index (χ3n) is 3.79. The molecule has 0 saturated heterocycles. The molecule has 100 valence electrons. The Morgan fingerprint density at radius 1 is 1.28 bits per heavy atom. The van der Waals surface area contributed by atoms with Crippen molar-refractivity contribution in [2.24, 2.45) is 5.92 Å². The van der Waals surface area contributed by atoms with Crippen molar-refractivity contribution in [2.45, 2.75) is 46.0 Å². The maximum Gasteiger partial charge on any atom is 0.137 e. The van der Waals surface area contributed by atoms with Gasteiger partial charge in [-0.1, -0.05) is 31.4 Å². The van der Waals surface area contributed by atoms with Crippen LogP contribution in [0.15, 0.2) is 0 Å². The molecule has 0 amide bonds. The summed E-state index contributed by atoms with van der Waals surface area (Å²) in [5.41, 5.74) is 0.995. The second-order valence-electron chi connectivity index (χ2n) is 5.26. The summed E-state index contributed by atoms with van der Waals surface area (Å²) in [5.74, 6) is 2.64. The lowest BCUT2D eigenvalue weighted by atomic mass is 10.1. The predicted molar refractivity (Wildman–Crippen MR) is 76.4 cm³/mol. The van der Waals surface area contributed by atoms with Gasteiger partial charge in [0.1, 0.15) is 16.8 Å². The van der Waals surface area contributed by atoms with Crippen molar-refractivity contribution in [1.82, 2.24) is 9.97 Å². The minimum atomic E-state index is 0.593. The number of hydrogen-bond acceptors (Lipinski definition) is 3. The summed E-state index contributed by atoms with van der Waals surface area (Å²) in [5, 5.41) is 0.593. The van der Waals surface area contributed by atoms with Gasteiger partial charge in [-0.15, -0.1) is 0 Å². The molecule has 0 spiro atoms. The third kappa shape index (κ3) is 2.94. The summed E-state index contributed by atoms with van der Waals surface area (Å²) in [7, 11) is 2.11. The van der Waals surface area contributed by atoms with Crippen molar-refractivity contribution in [3.63, 3.8) is 0 Å². The zero-order valence-corrected chi connectivity index (χ0v) is 12.3. The van der Waals surface area contributed by atoms with E-state index < -0.39 is 0 Å². The van der Waals surface area contributed by atoms with Crippen LogP contribution in [0.25, 0.3) is 0 Å². The average Bonchev–Trinajstić information content (AvgIpc) is 2.85. The number of aromatic nitrogens is 2. The molecular weight excluding hydrogens is 246 g/mol. The Bertz CT molecular complexity index is 414. The molecule has 0 unspecified atom stereocenters. The van der Waals surface area contributed by atoms with Crippen LogP contribution in [0.4, 0.5) is 5.82 Å². The molecule has 1 aromatic heterocycles. The first-order valence-electron chi connectivity index (χ1n) is 6.86. The van der Waals surface area contributed by atoms with E-state index in [1.54, 1.807) is 0 Å². The normalized spacial score (nSPS) is 16.2. The molecule has 0 bridgehead atoms. The zero-order chi connectivity index (χ0) is 13.1. The predicted octanol–water partition coefficient (Wildman–Crippen LogP) is 3.63. The summed E-state index contributed by atoms with van der Waals surface area (Å²) >= 11 is 6.18. The second-order valence-corrected chi connectivity index (χ2v) is 5.62. The molecular formula is C14H22ClN3. The molecule has 0 radical (unpaired) electrons. The van der Waals surface area contributed by atoms with Gasteiger partial charge in [-0.25, -0.2) is 9.97 Å². The highest BCUT2D eigenvalue weighted by atomic mass is 35.5. The zero-order valence-electron chi connectivity index (χ0n) is 11.5. The van der Waals surface area contributed by atoms with Gasteiger partial charge in [0, 0.05) is 25.6 Å². The Kier molecular flexibility index (Phi) is 4.44. The van der Waals surface area contributed by atoms with Crippen LogP contribution >= 0.6 is 11.6 Å². The SMILES string of the molecule is CCc1nc(Cl)c(C)c(N(C)CC2CCCC2)n1. The molecule has 4 heteroatoms. The Labute approximate surface area is 115 Å². The summed E-state index contributed by atoms with van der Waals surface area (Å²) in [6, 6.07) is 0. The van der Waals surface area contributed by atoms with Gasteiger partial charge in [0.15, 0.2) is 0 Å². The van der Waals surface area contributed by atoms with E-state index in [4.69, 9.17) is 11.6 Å². The second kappa shape index (κ2) is 5.87. The topological polar surface area (TPSA) is 29.0 Å². The van der Waals surface area contributed by atoms with E-state index in [2.05, 4.69) is 28.8 Å². The molecule has 1 aromatic rings. The molecule has 2 rings (SSSR count). The van der Waals surface area contributed by atoms with Crippen LogP contribution in [-0.2, 0) is 6.42 Å². The monoisotopic (exact) mass is 267 g/mol. The largest absolute Gasteiger partial charge is 0.359 e. The maximum absolute atomic E-state index is 6.18. The quantitative estimate of drug-likeness (QED) is 0.780. The fourth-order valence-corrected chi connectivity index (χ4v) is 2.90. The number of halogens is 1. The van der Waals surface area contributed by atoms with E-state index in [0.29, 0.717) is 5.15 Å². The minimum Gasteiger partial charge on any atom is -0.359 e. The van der Waals surface area contributed by atoms with Crippen LogP contribution in [0.5, 0.6) is 0 Å². The van der Waals surface area contributed by atoms with Crippen LogP contribution in [0.3, 0.4) is 0 Å². The molecule has 3 nitrogen and oxygen atoms in total. The van der Waals surface area contributed by atoms with Crippen LogP contribution in [-0.4, -0.2) is 23.6 Å². The summed E-state index contributed by atoms with van der Waals surface area (Å²) < 4.78 is 0. The molecule has 1 saturated carbocycles. The van der Waals surface area contributed by atoms with E-state index in [0.717, 1.165) is 36.1 Å². The van der Waals surface area contributed by atoms with E-state index in [-0.39, 0.29) is 0 Å². The number of aryl methyl sites for hydroxylation is 1. The van der Waals surface area contributed by atoms with Crippen LogP contribution < -0.4 is 4.90 Å². The number of anilines is 1. The van der Waals surface area contributed by atoms with Gasteiger partial charge in [-0.05, 0) is 25.7 Å². The molecule has 1 fully saturated rings. The number of hydrogen-bond donors (Lipinski definition) is 0. The van der Waals surface area contributed by atoms with Crippen LogP contribution in [0.1, 0.15) is 44.0 Å². The minimum absolute atomic E-state index is 0.593. The van der Waals surface area contributed by atoms with Gasteiger partial charge >= 0.3 is 0 Å². The lowest BCUT2D eigenvalue weighted by Crippen LogP contribution is -2.26. The summed E-state index contributed by atoms with van der Waals surface area (Å²) in [4.78, 5) is 11.2. The number of nitrogens with zero attached hydrogens (tertiary/aromatic N) is 3. The Morgan fingerprint density at radius 2 is 1.94 bits per heavy atom. The van der Waals surface area contributed by atoms with Crippen LogP contribution in [0, 0.1) is 12.8 Å². The summed E-state index contributed by atoms with van der Waals surface area (Å²) in [6.07, 6.45) is 6.28. The lowest BCUT2D eigenvalue weighted by Gasteiger charge is -2.24. The first-order chi connectivity index (χ1) is 8.61. The highest BCUT2D eigenvalue weighted by Gasteiger charge is 2.19. The fourth-order valence-electron chi connectivity index (χ4n) is 2.72. The smallest absolute Gasteiger partial charge is 0.137 e. The summed E-state index contributed by atoms with van der Waals surface area (Å²) in [6.45, 7) is 5.14. The van der Waals surface area contributed by atoms with Gasteiger partial charge in [-0.3, -0.25) is 0 Å². The molecule has 18 heavy (non-hydrogen) atoms. The van der Waals surface area contributed by atoms with Gasteiger partial charge in [0.2, 0.25) is 0 Å². The van der Waals surface area contributed by atoms with Gasteiger partial charge in [0.25, 0.3) is 0 Å². The molecule has 0 aromatic carbocycles. The Morgan fingerprint density at radius 3 is 2.56 bits per heavy atom. The number of rotatable bonds is 4. The molecule has 0 atom stereocenters. The van der Waals surface area contributed by atoms with Gasteiger partial charge < -0.3 is 4.90 Å². The van der Waals surface area contributed by atoms with E-state index in [1.165, 1.54) is 25.7 Å². The Hall–Kier alpha value is -0.830. The van der Waals surface area contributed by atoms with Gasteiger partial charge in [0.05, 0.1) is 0 Å². The molecule has 0 N–H and O–H groups in total. The highest BCUT2D eigenvalue weighted by Crippen LogP contribution is 2.28. The molecule has 1 aliphatic rings. The molecule has 1 heterocycles. The molecule has 0 aliphatic heterocycles. The first-order valence-corrected chi connectivity index (χ1v) is 7.23. The lowest BCUT2D eigenvalue weighted by molar-refractivity contribution is 0.544. The van der Waals surface area contributed by atoms with E-state index in [9.17, 15) is 0 Å². The average molecular weight is 268 g/mol. The van der Waals surface area contributed by atoms with E-state index >= 15 is 0 Å².